The first-order valence-corrected chi connectivity index (χ1v) is 9.77. The van der Waals surface area contributed by atoms with Crippen LogP contribution in [0, 0.1) is 6.92 Å². The Bertz CT molecular complexity index is 808. The molecule has 31 heavy (non-hydrogen) atoms. The molecule has 0 spiro atoms. The molecule has 0 aliphatic carbocycles. The molecular formula is C21H31N5O5. The van der Waals surface area contributed by atoms with Crippen LogP contribution < -0.4 is 10.6 Å². The second kappa shape index (κ2) is 13.0. The fourth-order valence-electron chi connectivity index (χ4n) is 3.42. The lowest BCUT2D eigenvalue weighted by Gasteiger charge is -2.41. The number of amides is 1. The summed E-state index contributed by atoms with van der Waals surface area (Å²) in [5.41, 5.74) is 2.00. The number of likely N-dealkylation sites (tertiary alicyclic amines) is 1. The summed E-state index contributed by atoms with van der Waals surface area (Å²) in [5, 5.41) is 24.4. The molecule has 1 amide bonds. The normalized spacial score (nSPS) is 14.7. The van der Waals surface area contributed by atoms with E-state index in [9.17, 15) is 4.79 Å². The van der Waals surface area contributed by atoms with E-state index in [0.29, 0.717) is 0 Å². The van der Waals surface area contributed by atoms with Crippen molar-refractivity contribution in [2.75, 3.05) is 25.5 Å². The van der Waals surface area contributed by atoms with Crippen molar-refractivity contribution in [1.82, 2.24) is 20.0 Å². The lowest BCUT2D eigenvalue weighted by atomic mass is 9.86. The predicted molar refractivity (Wildman–Crippen MR) is 117 cm³/mol. The molecule has 1 aliphatic rings. The summed E-state index contributed by atoms with van der Waals surface area (Å²) in [4.78, 5) is 31.7. The van der Waals surface area contributed by atoms with Gasteiger partial charge in [0.2, 0.25) is 5.91 Å². The Kier molecular flexibility index (Phi) is 10.8. The van der Waals surface area contributed by atoms with Crippen LogP contribution in [0.15, 0.2) is 36.5 Å². The van der Waals surface area contributed by atoms with Crippen molar-refractivity contribution in [1.29, 1.82) is 0 Å². The zero-order valence-corrected chi connectivity index (χ0v) is 18.1. The highest BCUT2D eigenvalue weighted by atomic mass is 16.3. The van der Waals surface area contributed by atoms with Crippen molar-refractivity contribution in [2.24, 2.45) is 7.05 Å². The van der Waals surface area contributed by atoms with Crippen molar-refractivity contribution < 1.29 is 24.6 Å². The summed E-state index contributed by atoms with van der Waals surface area (Å²) in [6, 6.07) is 10.6. The van der Waals surface area contributed by atoms with E-state index in [4.69, 9.17) is 19.8 Å². The number of rotatable bonds is 5. The largest absolute Gasteiger partial charge is 0.483 e. The van der Waals surface area contributed by atoms with Gasteiger partial charge in [-0.25, -0.2) is 0 Å². The third kappa shape index (κ3) is 8.09. The van der Waals surface area contributed by atoms with Gasteiger partial charge in [-0.3, -0.25) is 24.0 Å². The van der Waals surface area contributed by atoms with Gasteiger partial charge in [0.1, 0.15) is 11.4 Å². The van der Waals surface area contributed by atoms with Crippen LogP contribution in [0.25, 0.3) is 0 Å². The molecule has 4 N–H and O–H groups in total. The van der Waals surface area contributed by atoms with Crippen LogP contribution >= 0.6 is 0 Å². The van der Waals surface area contributed by atoms with E-state index in [0.717, 1.165) is 38.3 Å². The number of hydrogen-bond acceptors (Lipinski definition) is 6. The highest BCUT2D eigenvalue weighted by molar-refractivity contribution is 5.89. The third-order valence-electron chi connectivity index (χ3n) is 4.98. The number of carbonyl (C=O) groups is 3. The average Bonchev–Trinajstić information content (AvgIpc) is 3.16. The van der Waals surface area contributed by atoms with Crippen LogP contribution in [-0.4, -0.2) is 69.4 Å². The topological polar surface area (TPSA) is 137 Å². The van der Waals surface area contributed by atoms with Crippen LogP contribution in [0.5, 0.6) is 0 Å². The first kappa shape index (κ1) is 25.6. The molecule has 1 fully saturated rings. The van der Waals surface area contributed by atoms with Gasteiger partial charge >= 0.3 is 0 Å². The summed E-state index contributed by atoms with van der Waals surface area (Å²) in [6.45, 7) is 4.28. The van der Waals surface area contributed by atoms with E-state index in [1.54, 1.807) is 11.7 Å². The SMILES string of the molecule is CNC(=O)C1(Nc2ccn(C)n2)CCN(Cc2ccc(C)cc2)CC1.O=CO.O=CO. The van der Waals surface area contributed by atoms with Gasteiger partial charge in [0, 0.05) is 46.0 Å². The lowest BCUT2D eigenvalue weighted by molar-refractivity contribution is -0.126. The smallest absolute Gasteiger partial charge is 0.290 e. The highest BCUT2D eigenvalue weighted by Gasteiger charge is 2.41. The molecule has 10 heteroatoms. The molecule has 1 aromatic heterocycles. The average molecular weight is 434 g/mol. The predicted octanol–water partition coefficient (Wildman–Crippen LogP) is 1.32. The first-order valence-electron chi connectivity index (χ1n) is 9.77. The van der Waals surface area contributed by atoms with E-state index in [2.05, 4.69) is 51.8 Å². The van der Waals surface area contributed by atoms with E-state index in [1.807, 2.05) is 19.3 Å². The number of likely N-dealkylation sites (N-methyl/N-ethyl adjacent to an activating group) is 1. The van der Waals surface area contributed by atoms with Gasteiger partial charge in [-0.2, -0.15) is 5.10 Å². The fraction of sp³-hybridized carbons (Fsp3) is 0.429. The number of piperidine rings is 1. The van der Waals surface area contributed by atoms with E-state index < -0.39 is 5.54 Å². The molecule has 2 heterocycles. The highest BCUT2D eigenvalue weighted by Crippen LogP contribution is 2.27. The fourth-order valence-corrected chi connectivity index (χ4v) is 3.42. The number of carboxylic acid groups (broad SMARTS) is 2. The number of aryl methyl sites for hydroxylation is 2. The second-order valence-electron chi connectivity index (χ2n) is 7.13. The van der Waals surface area contributed by atoms with Crippen molar-refractivity contribution in [2.45, 2.75) is 31.8 Å². The molecule has 1 aliphatic heterocycles. The van der Waals surface area contributed by atoms with Gasteiger partial charge in [-0.15, -0.1) is 0 Å². The Morgan fingerprint density at radius 1 is 1.13 bits per heavy atom. The molecule has 0 unspecified atom stereocenters. The van der Waals surface area contributed by atoms with Crippen LogP contribution in [0.3, 0.4) is 0 Å². The number of anilines is 1. The number of carbonyl (C=O) groups excluding carboxylic acids is 1. The van der Waals surface area contributed by atoms with Crippen LogP contribution in [0.1, 0.15) is 24.0 Å². The Labute approximate surface area is 181 Å². The summed E-state index contributed by atoms with van der Waals surface area (Å²) < 4.78 is 1.74. The maximum Gasteiger partial charge on any atom is 0.290 e. The minimum atomic E-state index is -0.590. The van der Waals surface area contributed by atoms with Crippen molar-refractivity contribution >= 4 is 24.7 Å². The number of aromatic nitrogens is 2. The standard InChI is InChI=1S/C19H27N5O.2CH2O2/c1-15-4-6-16(7-5-15)14-24-12-9-19(10-13-24,18(25)20-2)21-17-8-11-23(3)22-17;2*2-1-3/h4-8,11H,9-10,12-14H2,1-3H3,(H,20,25)(H,21,22);2*1H,(H,2,3). The van der Waals surface area contributed by atoms with Crippen LogP contribution in [0.2, 0.25) is 0 Å². The zero-order chi connectivity index (χ0) is 23.3. The quantitative estimate of drug-likeness (QED) is 0.518. The van der Waals surface area contributed by atoms with E-state index in [1.165, 1.54) is 11.1 Å². The number of hydrogen-bond donors (Lipinski definition) is 4. The molecular weight excluding hydrogens is 402 g/mol. The minimum Gasteiger partial charge on any atom is -0.483 e. The minimum absolute atomic E-state index is 0.0353. The Balaban J connectivity index is 0.000000720. The molecule has 0 saturated carbocycles. The Hall–Kier alpha value is -3.40. The Morgan fingerprint density at radius 2 is 1.68 bits per heavy atom. The molecule has 0 atom stereocenters. The van der Waals surface area contributed by atoms with E-state index >= 15 is 0 Å². The van der Waals surface area contributed by atoms with Gasteiger partial charge in [0.05, 0.1) is 0 Å². The molecule has 0 bridgehead atoms. The monoisotopic (exact) mass is 433 g/mol. The summed E-state index contributed by atoms with van der Waals surface area (Å²) in [5.74, 6) is 0.784. The van der Waals surface area contributed by atoms with Gasteiger partial charge < -0.3 is 20.8 Å². The lowest BCUT2D eigenvalue weighted by Crippen LogP contribution is -2.57. The van der Waals surface area contributed by atoms with Gasteiger partial charge in [-0.1, -0.05) is 29.8 Å². The number of nitrogens with one attached hydrogen (secondary N) is 2. The Morgan fingerprint density at radius 3 is 2.13 bits per heavy atom. The van der Waals surface area contributed by atoms with E-state index in [-0.39, 0.29) is 18.9 Å². The van der Waals surface area contributed by atoms with Crippen molar-refractivity contribution in [3.63, 3.8) is 0 Å². The molecule has 10 nitrogen and oxygen atoms in total. The second-order valence-corrected chi connectivity index (χ2v) is 7.13. The number of benzene rings is 1. The van der Waals surface area contributed by atoms with Gasteiger partial charge in [0.25, 0.3) is 12.9 Å². The van der Waals surface area contributed by atoms with Crippen molar-refractivity contribution in [3.8, 4) is 0 Å². The first-order chi connectivity index (χ1) is 14.8. The molecule has 170 valence electrons. The van der Waals surface area contributed by atoms with Crippen LogP contribution in [0.4, 0.5) is 5.82 Å². The summed E-state index contributed by atoms with van der Waals surface area (Å²) in [6.07, 6.45) is 3.40. The summed E-state index contributed by atoms with van der Waals surface area (Å²) in [7, 11) is 3.57. The molecule has 1 aromatic carbocycles. The van der Waals surface area contributed by atoms with Crippen molar-refractivity contribution in [3.05, 3.63) is 47.7 Å². The maximum atomic E-state index is 12.6. The number of nitrogens with zero attached hydrogens (tertiary/aromatic N) is 3. The van der Waals surface area contributed by atoms with Gasteiger partial charge in [-0.05, 0) is 25.3 Å². The van der Waals surface area contributed by atoms with Gasteiger partial charge in [0.15, 0.2) is 0 Å². The molecule has 2 aromatic rings. The van der Waals surface area contributed by atoms with Crippen LogP contribution in [-0.2, 0) is 28.0 Å². The molecule has 1 saturated heterocycles. The third-order valence-corrected chi connectivity index (χ3v) is 4.98. The maximum absolute atomic E-state index is 12.6. The summed E-state index contributed by atoms with van der Waals surface area (Å²) >= 11 is 0. The molecule has 0 radical (unpaired) electrons. The molecule has 3 rings (SSSR count). The zero-order valence-electron chi connectivity index (χ0n) is 18.1.